The molecule has 1 aliphatic heterocycles. The van der Waals surface area contributed by atoms with E-state index in [2.05, 4.69) is 10.6 Å². The molecule has 0 aliphatic carbocycles. The van der Waals surface area contributed by atoms with E-state index in [0.717, 1.165) is 11.4 Å². The van der Waals surface area contributed by atoms with Gasteiger partial charge in [0.1, 0.15) is 5.75 Å². The topological polar surface area (TPSA) is 79.9 Å². The molecule has 2 N–H and O–H groups in total. The standard InChI is InChI=1S/C22H27N3O4/c1-16(2)29-20-9-7-18(8-10-20)23-15-21(26)24-19-5-3-17(4-6-19)22(27)25-11-13-28-14-12-25/h3-10,16,23H,11-15H2,1-2H3,(H,24,26). The molecule has 2 amide bonds. The van der Waals surface area contributed by atoms with Crippen LogP contribution in [0.5, 0.6) is 5.75 Å². The van der Waals surface area contributed by atoms with Crippen molar-refractivity contribution >= 4 is 23.2 Å². The molecule has 1 heterocycles. The van der Waals surface area contributed by atoms with E-state index < -0.39 is 0 Å². The summed E-state index contributed by atoms with van der Waals surface area (Å²) in [5.74, 6) is 0.610. The van der Waals surface area contributed by atoms with Gasteiger partial charge < -0.3 is 25.0 Å². The van der Waals surface area contributed by atoms with Gasteiger partial charge in [-0.1, -0.05) is 0 Å². The third-order valence-electron chi connectivity index (χ3n) is 4.39. The molecule has 2 aromatic rings. The van der Waals surface area contributed by atoms with Gasteiger partial charge >= 0.3 is 0 Å². The molecule has 2 aromatic carbocycles. The number of morpholine rings is 1. The number of carbonyl (C=O) groups is 2. The number of carbonyl (C=O) groups excluding carboxylic acids is 2. The zero-order valence-electron chi connectivity index (χ0n) is 16.8. The fourth-order valence-electron chi connectivity index (χ4n) is 2.96. The fraction of sp³-hybridized carbons (Fsp3) is 0.364. The zero-order valence-corrected chi connectivity index (χ0v) is 16.8. The molecule has 0 atom stereocenters. The molecule has 0 bridgehead atoms. The zero-order chi connectivity index (χ0) is 20.6. The van der Waals surface area contributed by atoms with Gasteiger partial charge in [0.25, 0.3) is 5.91 Å². The van der Waals surface area contributed by atoms with E-state index in [4.69, 9.17) is 9.47 Å². The van der Waals surface area contributed by atoms with Crippen LogP contribution in [0.25, 0.3) is 0 Å². The summed E-state index contributed by atoms with van der Waals surface area (Å²) in [6, 6.07) is 14.4. The van der Waals surface area contributed by atoms with Gasteiger partial charge in [0.2, 0.25) is 5.91 Å². The Morgan fingerprint density at radius 3 is 2.24 bits per heavy atom. The second kappa shape index (κ2) is 9.93. The monoisotopic (exact) mass is 397 g/mol. The molecule has 154 valence electrons. The van der Waals surface area contributed by atoms with Crippen molar-refractivity contribution in [2.24, 2.45) is 0 Å². The molecule has 1 aliphatic rings. The number of hydrogen-bond donors (Lipinski definition) is 2. The lowest BCUT2D eigenvalue weighted by Gasteiger charge is -2.26. The summed E-state index contributed by atoms with van der Waals surface area (Å²) in [6.45, 7) is 6.43. The molecular formula is C22H27N3O4. The lowest BCUT2D eigenvalue weighted by atomic mass is 10.1. The molecule has 0 aromatic heterocycles. The Balaban J connectivity index is 1.47. The Bertz CT molecular complexity index is 813. The molecule has 0 radical (unpaired) electrons. The lowest BCUT2D eigenvalue weighted by molar-refractivity contribution is -0.114. The number of nitrogens with zero attached hydrogens (tertiary/aromatic N) is 1. The van der Waals surface area contributed by atoms with Gasteiger partial charge in [-0.3, -0.25) is 9.59 Å². The maximum absolute atomic E-state index is 12.4. The van der Waals surface area contributed by atoms with Crippen molar-refractivity contribution in [2.75, 3.05) is 43.5 Å². The van der Waals surface area contributed by atoms with Crippen LogP contribution in [-0.2, 0) is 9.53 Å². The Hall–Kier alpha value is -3.06. The van der Waals surface area contributed by atoms with E-state index in [1.807, 2.05) is 38.1 Å². The van der Waals surface area contributed by atoms with Gasteiger partial charge in [0.05, 0.1) is 25.9 Å². The van der Waals surface area contributed by atoms with Gasteiger partial charge in [-0.25, -0.2) is 0 Å². The number of benzene rings is 2. The van der Waals surface area contributed by atoms with Crippen molar-refractivity contribution in [1.29, 1.82) is 0 Å². The van der Waals surface area contributed by atoms with E-state index >= 15 is 0 Å². The summed E-state index contributed by atoms with van der Waals surface area (Å²) in [4.78, 5) is 26.4. The second-order valence-corrected chi connectivity index (χ2v) is 7.07. The minimum Gasteiger partial charge on any atom is -0.491 e. The smallest absolute Gasteiger partial charge is 0.254 e. The van der Waals surface area contributed by atoms with Gasteiger partial charge in [-0.15, -0.1) is 0 Å². The van der Waals surface area contributed by atoms with Crippen molar-refractivity contribution in [1.82, 2.24) is 4.90 Å². The summed E-state index contributed by atoms with van der Waals surface area (Å²) in [5.41, 5.74) is 2.09. The first-order valence-corrected chi connectivity index (χ1v) is 9.79. The molecule has 1 saturated heterocycles. The van der Waals surface area contributed by atoms with Crippen LogP contribution in [0.2, 0.25) is 0 Å². The first-order chi connectivity index (χ1) is 14.0. The summed E-state index contributed by atoms with van der Waals surface area (Å²) >= 11 is 0. The minimum absolute atomic E-state index is 0.0160. The number of rotatable bonds is 7. The van der Waals surface area contributed by atoms with E-state index in [9.17, 15) is 9.59 Å². The normalized spacial score (nSPS) is 13.8. The molecule has 0 spiro atoms. The largest absolute Gasteiger partial charge is 0.491 e. The van der Waals surface area contributed by atoms with Crippen molar-refractivity contribution in [3.63, 3.8) is 0 Å². The number of anilines is 2. The van der Waals surface area contributed by atoms with E-state index in [0.29, 0.717) is 37.6 Å². The van der Waals surface area contributed by atoms with Crippen molar-refractivity contribution in [3.8, 4) is 5.75 Å². The van der Waals surface area contributed by atoms with Crippen molar-refractivity contribution in [3.05, 3.63) is 54.1 Å². The molecule has 3 rings (SSSR count). The SMILES string of the molecule is CC(C)Oc1ccc(NCC(=O)Nc2ccc(C(=O)N3CCOCC3)cc2)cc1. The number of nitrogens with one attached hydrogen (secondary N) is 2. The Morgan fingerprint density at radius 1 is 1.00 bits per heavy atom. The van der Waals surface area contributed by atoms with Crippen LogP contribution in [0.15, 0.2) is 48.5 Å². The maximum Gasteiger partial charge on any atom is 0.254 e. The van der Waals surface area contributed by atoms with E-state index in [1.165, 1.54) is 0 Å². The van der Waals surface area contributed by atoms with E-state index in [1.54, 1.807) is 29.2 Å². The highest BCUT2D eigenvalue weighted by molar-refractivity contribution is 5.96. The van der Waals surface area contributed by atoms with Gasteiger partial charge in [-0.2, -0.15) is 0 Å². The Morgan fingerprint density at radius 2 is 1.62 bits per heavy atom. The Labute approximate surface area is 171 Å². The van der Waals surface area contributed by atoms with Crippen molar-refractivity contribution < 1.29 is 19.1 Å². The predicted molar refractivity (Wildman–Crippen MR) is 112 cm³/mol. The van der Waals surface area contributed by atoms with Crippen LogP contribution in [0.3, 0.4) is 0 Å². The maximum atomic E-state index is 12.4. The van der Waals surface area contributed by atoms with Crippen LogP contribution in [0, 0.1) is 0 Å². The van der Waals surface area contributed by atoms with Gasteiger partial charge in [-0.05, 0) is 62.4 Å². The first-order valence-electron chi connectivity index (χ1n) is 9.79. The summed E-state index contributed by atoms with van der Waals surface area (Å²) in [6.07, 6.45) is 0.120. The molecule has 7 heteroatoms. The number of hydrogen-bond acceptors (Lipinski definition) is 5. The number of ether oxygens (including phenoxy) is 2. The molecular weight excluding hydrogens is 370 g/mol. The van der Waals surface area contributed by atoms with Crippen LogP contribution < -0.4 is 15.4 Å². The highest BCUT2D eigenvalue weighted by atomic mass is 16.5. The Kier molecular flexibility index (Phi) is 7.08. The minimum atomic E-state index is -0.167. The van der Waals surface area contributed by atoms with Crippen LogP contribution in [0.4, 0.5) is 11.4 Å². The summed E-state index contributed by atoms with van der Waals surface area (Å²) in [5, 5.41) is 5.90. The predicted octanol–water partition coefficient (Wildman–Crippen LogP) is 3.00. The first kappa shape index (κ1) is 20.7. The van der Waals surface area contributed by atoms with Crippen LogP contribution in [0.1, 0.15) is 24.2 Å². The van der Waals surface area contributed by atoms with Crippen LogP contribution >= 0.6 is 0 Å². The molecule has 7 nitrogen and oxygen atoms in total. The third kappa shape index (κ3) is 6.22. The lowest BCUT2D eigenvalue weighted by Crippen LogP contribution is -2.40. The number of amides is 2. The van der Waals surface area contributed by atoms with Crippen LogP contribution in [-0.4, -0.2) is 55.7 Å². The summed E-state index contributed by atoms with van der Waals surface area (Å²) in [7, 11) is 0. The average molecular weight is 397 g/mol. The van der Waals surface area contributed by atoms with Crippen molar-refractivity contribution in [2.45, 2.75) is 20.0 Å². The average Bonchev–Trinajstić information content (AvgIpc) is 2.73. The molecule has 1 fully saturated rings. The third-order valence-corrected chi connectivity index (χ3v) is 4.39. The van der Waals surface area contributed by atoms with Gasteiger partial charge in [0.15, 0.2) is 0 Å². The highest BCUT2D eigenvalue weighted by Gasteiger charge is 2.18. The second-order valence-electron chi connectivity index (χ2n) is 7.07. The molecule has 0 saturated carbocycles. The van der Waals surface area contributed by atoms with E-state index in [-0.39, 0.29) is 24.5 Å². The highest BCUT2D eigenvalue weighted by Crippen LogP contribution is 2.17. The molecule has 29 heavy (non-hydrogen) atoms. The quantitative estimate of drug-likeness (QED) is 0.751. The van der Waals surface area contributed by atoms with Gasteiger partial charge in [0, 0.05) is 30.0 Å². The fourth-order valence-corrected chi connectivity index (χ4v) is 2.96. The summed E-state index contributed by atoms with van der Waals surface area (Å²) < 4.78 is 10.9. The molecule has 0 unspecified atom stereocenters.